The predicted molar refractivity (Wildman–Crippen MR) is 138 cm³/mol. The number of carbonyl (C=O) groups excluding carboxylic acids is 2. The Balaban J connectivity index is 1.72. The molecule has 1 aromatic heterocycles. The zero-order valence-electron chi connectivity index (χ0n) is 21.0. The molecule has 0 spiro atoms. The first-order valence-electron chi connectivity index (χ1n) is 12.0. The molecular formula is C26H29ClFN3O5S. The van der Waals surface area contributed by atoms with Gasteiger partial charge < -0.3 is 19.5 Å². The Morgan fingerprint density at radius 1 is 1.30 bits per heavy atom. The maximum absolute atomic E-state index is 13.9. The molecule has 0 amide bonds. The normalized spacial score (nSPS) is 22.2. The monoisotopic (exact) mass is 549 g/mol. The molecule has 11 heteroatoms. The quantitative estimate of drug-likeness (QED) is 0.507. The number of rotatable bonds is 6. The Bertz CT molecular complexity index is 1220. The van der Waals surface area contributed by atoms with Crippen molar-refractivity contribution >= 4 is 40.7 Å². The molecule has 0 bridgehead atoms. The fourth-order valence-electron chi connectivity index (χ4n) is 4.25. The molecule has 3 atom stereocenters. The Labute approximate surface area is 223 Å². The molecule has 1 unspecified atom stereocenters. The number of nitrogens with one attached hydrogen (secondary N) is 1. The molecule has 0 aliphatic carbocycles. The molecule has 2 aromatic rings. The van der Waals surface area contributed by atoms with E-state index in [0.717, 1.165) is 0 Å². The van der Waals surface area contributed by atoms with E-state index in [1.807, 2.05) is 5.38 Å². The number of esters is 2. The van der Waals surface area contributed by atoms with Crippen LogP contribution in [0.25, 0.3) is 0 Å². The summed E-state index contributed by atoms with van der Waals surface area (Å²) >= 11 is 7.81. The predicted octanol–water partition coefficient (Wildman–Crippen LogP) is 4.98. The van der Waals surface area contributed by atoms with E-state index < -0.39 is 35.5 Å². The van der Waals surface area contributed by atoms with Crippen LogP contribution in [0.2, 0.25) is 5.02 Å². The van der Waals surface area contributed by atoms with Crippen LogP contribution in [0.3, 0.4) is 0 Å². The summed E-state index contributed by atoms with van der Waals surface area (Å²) in [6, 6.07) is 3.13. The molecule has 2 aliphatic rings. The summed E-state index contributed by atoms with van der Waals surface area (Å²) in [5.41, 5.74) is 0.664. The van der Waals surface area contributed by atoms with Crippen LogP contribution < -0.4 is 5.32 Å². The second-order valence-corrected chi connectivity index (χ2v) is 11.0. The lowest BCUT2D eigenvalue weighted by molar-refractivity contribution is -0.172. The maximum Gasteiger partial charge on any atom is 0.338 e. The van der Waals surface area contributed by atoms with Crippen LogP contribution in [-0.4, -0.2) is 47.7 Å². The van der Waals surface area contributed by atoms with E-state index in [2.05, 4.69) is 10.3 Å². The van der Waals surface area contributed by atoms with Gasteiger partial charge in [0.25, 0.3) is 0 Å². The highest BCUT2D eigenvalue weighted by molar-refractivity contribution is 7.11. The van der Waals surface area contributed by atoms with Crippen molar-refractivity contribution in [2.75, 3.05) is 13.2 Å². The molecule has 1 saturated heterocycles. The maximum atomic E-state index is 13.9. The van der Waals surface area contributed by atoms with Crippen molar-refractivity contribution in [3.63, 3.8) is 0 Å². The summed E-state index contributed by atoms with van der Waals surface area (Å²) in [5.74, 6) is -1.29. The van der Waals surface area contributed by atoms with Crippen LogP contribution in [0, 0.1) is 11.7 Å². The van der Waals surface area contributed by atoms with Crippen molar-refractivity contribution < 1.29 is 28.2 Å². The van der Waals surface area contributed by atoms with Gasteiger partial charge in [0.1, 0.15) is 17.5 Å². The lowest BCUT2D eigenvalue weighted by Crippen LogP contribution is -2.42. The first-order chi connectivity index (χ1) is 17.6. The highest BCUT2D eigenvalue weighted by Crippen LogP contribution is 2.40. The molecule has 198 valence electrons. The second kappa shape index (κ2) is 11.3. The minimum Gasteiger partial charge on any atom is -0.463 e. The molecule has 1 N–H and O–H groups in total. The zero-order valence-corrected chi connectivity index (χ0v) is 22.6. The molecule has 3 heterocycles. The van der Waals surface area contributed by atoms with E-state index in [0.29, 0.717) is 34.9 Å². The standard InChI is InChI=1S/C26H29ClFN3O5S/c1-5-34-25(33)19-20(14-6-9-18(35-13-14)24(32)36-26(2,3)4)30-22(23-29-10-11-37-23)31-21(19)16-8-7-15(28)12-17(16)27/h7-8,10-12,14,18,21H,5-6,9,13H2,1-4H3,(H,30,31)/t14-,18-,21?/m1/s1. The number of aromatic nitrogens is 1. The van der Waals surface area contributed by atoms with Gasteiger partial charge in [0.05, 0.1) is 18.8 Å². The highest BCUT2D eigenvalue weighted by atomic mass is 35.5. The fourth-order valence-corrected chi connectivity index (χ4v) is 5.11. The number of carbonyl (C=O) groups is 2. The van der Waals surface area contributed by atoms with E-state index in [4.69, 9.17) is 30.8 Å². The average Bonchev–Trinajstić information content (AvgIpc) is 3.38. The fraction of sp³-hybridized carbons (Fsp3) is 0.462. The number of thiazole rings is 1. The summed E-state index contributed by atoms with van der Waals surface area (Å²) in [6.45, 7) is 7.46. The van der Waals surface area contributed by atoms with Crippen LogP contribution in [0.15, 0.2) is 46.0 Å². The number of benzene rings is 1. The summed E-state index contributed by atoms with van der Waals surface area (Å²) in [7, 11) is 0. The number of halogens is 2. The number of hydrogen-bond acceptors (Lipinski definition) is 9. The lowest BCUT2D eigenvalue weighted by Gasteiger charge is -2.35. The minimum atomic E-state index is -0.856. The molecule has 2 aliphatic heterocycles. The van der Waals surface area contributed by atoms with E-state index >= 15 is 0 Å². The molecule has 4 rings (SSSR count). The number of amidine groups is 1. The van der Waals surface area contributed by atoms with Gasteiger partial charge in [-0.25, -0.2) is 19.0 Å². The van der Waals surface area contributed by atoms with Gasteiger partial charge in [-0.2, -0.15) is 0 Å². The van der Waals surface area contributed by atoms with Crippen LogP contribution in [0.5, 0.6) is 0 Å². The third-order valence-electron chi connectivity index (χ3n) is 5.82. The first kappa shape index (κ1) is 27.2. The molecule has 0 radical (unpaired) electrons. The number of nitrogens with zero attached hydrogens (tertiary/aromatic N) is 2. The van der Waals surface area contributed by atoms with Crippen molar-refractivity contribution in [1.29, 1.82) is 0 Å². The van der Waals surface area contributed by atoms with Crippen molar-refractivity contribution in [2.24, 2.45) is 10.9 Å². The Kier molecular flexibility index (Phi) is 8.30. The van der Waals surface area contributed by atoms with Crippen LogP contribution in [-0.2, 0) is 23.8 Å². The summed E-state index contributed by atoms with van der Waals surface area (Å²) < 4.78 is 30.7. The number of hydrogen-bond donors (Lipinski definition) is 1. The smallest absolute Gasteiger partial charge is 0.338 e. The summed E-state index contributed by atoms with van der Waals surface area (Å²) in [5, 5.41) is 5.87. The first-order valence-corrected chi connectivity index (χ1v) is 13.3. The van der Waals surface area contributed by atoms with Crippen LogP contribution >= 0.6 is 22.9 Å². The van der Waals surface area contributed by atoms with Crippen LogP contribution in [0.4, 0.5) is 4.39 Å². The molecule has 1 aromatic carbocycles. The second-order valence-electron chi connectivity index (χ2n) is 9.69. The number of ether oxygens (including phenoxy) is 3. The van der Waals surface area contributed by atoms with Gasteiger partial charge in [-0.1, -0.05) is 17.7 Å². The molecule has 1 fully saturated rings. The Hall–Kier alpha value is -2.82. The van der Waals surface area contributed by atoms with Gasteiger partial charge in [-0.15, -0.1) is 11.3 Å². The lowest BCUT2D eigenvalue weighted by atomic mass is 9.87. The molecule has 37 heavy (non-hydrogen) atoms. The third-order valence-corrected chi connectivity index (χ3v) is 6.92. The summed E-state index contributed by atoms with van der Waals surface area (Å²) in [6.07, 6.45) is 1.92. The van der Waals surface area contributed by atoms with Crippen molar-refractivity contribution in [1.82, 2.24) is 10.3 Å². The van der Waals surface area contributed by atoms with Gasteiger partial charge in [0.2, 0.25) is 0 Å². The van der Waals surface area contributed by atoms with Gasteiger partial charge in [0.15, 0.2) is 16.9 Å². The Morgan fingerprint density at radius 2 is 2.08 bits per heavy atom. The minimum absolute atomic E-state index is 0.139. The van der Waals surface area contributed by atoms with Crippen molar-refractivity contribution in [3.05, 3.63) is 62.5 Å². The van der Waals surface area contributed by atoms with Crippen LogP contribution in [0.1, 0.15) is 57.1 Å². The van der Waals surface area contributed by atoms with Gasteiger partial charge in [-0.3, -0.25) is 4.99 Å². The van der Waals surface area contributed by atoms with E-state index in [-0.39, 0.29) is 29.7 Å². The third kappa shape index (κ3) is 6.37. The topological polar surface area (TPSA) is 99.1 Å². The molecular weight excluding hydrogens is 521 g/mol. The van der Waals surface area contributed by atoms with Gasteiger partial charge >= 0.3 is 11.9 Å². The van der Waals surface area contributed by atoms with Gasteiger partial charge in [0, 0.05) is 33.8 Å². The van der Waals surface area contributed by atoms with E-state index in [1.165, 1.54) is 29.5 Å². The van der Waals surface area contributed by atoms with Crippen molar-refractivity contribution in [2.45, 2.75) is 58.3 Å². The van der Waals surface area contributed by atoms with E-state index in [1.54, 1.807) is 33.9 Å². The van der Waals surface area contributed by atoms with E-state index in [9.17, 15) is 14.0 Å². The highest BCUT2D eigenvalue weighted by Gasteiger charge is 2.39. The molecule has 8 nitrogen and oxygen atoms in total. The number of aliphatic imine (C=N–C) groups is 1. The molecule has 0 saturated carbocycles. The SMILES string of the molecule is CCOC(=O)C1=C([C@@H]2CC[C@H](C(=O)OC(C)(C)C)OC2)NC(c2nccs2)=NC1c1ccc(F)cc1Cl. The summed E-state index contributed by atoms with van der Waals surface area (Å²) in [4.78, 5) is 35.0. The van der Waals surface area contributed by atoms with Gasteiger partial charge in [-0.05, 0) is 52.7 Å². The zero-order chi connectivity index (χ0) is 26.7. The Morgan fingerprint density at radius 3 is 2.68 bits per heavy atom. The van der Waals surface area contributed by atoms with Crippen molar-refractivity contribution in [3.8, 4) is 0 Å². The average molecular weight is 550 g/mol. The largest absolute Gasteiger partial charge is 0.463 e.